The van der Waals surface area contributed by atoms with E-state index in [1.807, 2.05) is 13.8 Å². The first kappa shape index (κ1) is 13.8. The van der Waals surface area contributed by atoms with Gasteiger partial charge in [0.2, 0.25) is 0 Å². The molecule has 0 bridgehead atoms. The van der Waals surface area contributed by atoms with Crippen molar-refractivity contribution in [3.8, 4) is 0 Å². The molecule has 1 heterocycles. The molecular weight excluding hydrogens is 217 g/mol. The van der Waals surface area contributed by atoms with Crippen LogP contribution in [-0.4, -0.2) is 36.2 Å². The van der Waals surface area contributed by atoms with Gasteiger partial charge in [-0.2, -0.15) is 13.2 Å². The monoisotopic (exact) mass is 238 g/mol. The second-order valence-corrected chi connectivity index (χ2v) is 4.81. The highest BCUT2D eigenvalue weighted by molar-refractivity contribution is 4.89. The third kappa shape index (κ3) is 3.10. The van der Waals surface area contributed by atoms with Gasteiger partial charge in [-0.05, 0) is 45.7 Å². The summed E-state index contributed by atoms with van der Waals surface area (Å²) in [7, 11) is 0. The maximum Gasteiger partial charge on any atom is 0.404 e. The third-order valence-corrected chi connectivity index (χ3v) is 3.35. The number of nitrogens with zero attached hydrogens (tertiary/aromatic N) is 1. The summed E-state index contributed by atoms with van der Waals surface area (Å²) in [6.45, 7) is 4.28. The predicted octanol–water partition coefficient (Wildman–Crippen LogP) is 2.39. The van der Waals surface area contributed by atoms with Crippen LogP contribution < -0.4 is 5.73 Å². The second kappa shape index (κ2) is 5.36. The molecule has 0 aromatic rings. The summed E-state index contributed by atoms with van der Waals surface area (Å²) in [6.07, 6.45) is -1.90. The van der Waals surface area contributed by atoms with E-state index in [0.717, 1.165) is 12.8 Å². The van der Waals surface area contributed by atoms with E-state index in [1.54, 1.807) is 4.90 Å². The quantitative estimate of drug-likeness (QED) is 0.800. The van der Waals surface area contributed by atoms with Gasteiger partial charge < -0.3 is 5.73 Å². The Morgan fingerprint density at radius 2 is 1.94 bits per heavy atom. The first-order valence-corrected chi connectivity index (χ1v) is 5.90. The molecule has 0 saturated carbocycles. The van der Waals surface area contributed by atoms with Gasteiger partial charge in [-0.15, -0.1) is 0 Å². The first-order chi connectivity index (χ1) is 7.38. The number of likely N-dealkylation sites (tertiary alicyclic amines) is 1. The minimum Gasteiger partial charge on any atom is -0.330 e. The van der Waals surface area contributed by atoms with Gasteiger partial charge in [0.15, 0.2) is 0 Å². The van der Waals surface area contributed by atoms with Gasteiger partial charge in [-0.3, -0.25) is 4.90 Å². The van der Waals surface area contributed by atoms with Crippen LogP contribution in [0.1, 0.15) is 33.1 Å². The zero-order valence-electron chi connectivity index (χ0n) is 9.93. The molecule has 0 aliphatic carbocycles. The molecule has 16 heavy (non-hydrogen) atoms. The molecule has 1 aliphatic rings. The number of nitrogens with two attached hydrogens (primary N) is 1. The summed E-state index contributed by atoms with van der Waals surface area (Å²) in [5.41, 5.74) is 5.50. The number of halogens is 3. The highest BCUT2D eigenvalue weighted by Gasteiger charge is 2.48. The molecule has 2 N–H and O–H groups in total. The van der Waals surface area contributed by atoms with Gasteiger partial charge in [0.1, 0.15) is 6.04 Å². The van der Waals surface area contributed by atoms with Crippen molar-refractivity contribution in [3.05, 3.63) is 0 Å². The first-order valence-electron chi connectivity index (χ1n) is 5.90. The lowest BCUT2D eigenvalue weighted by molar-refractivity contribution is -0.200. The lowest BCUT2D eigenvalue weighted by atomic mass is 9.93. The van der Waals surface area contributed by atoms with E-state index in [-0.39, 0.29) is 12.6 Å². The SMILES string of the molecule is CC(C)N1CCCC[C@H](CN)[C@H]1C(F)(F)F. The fourth-order valence-corrected chi connectivity index (χ4v) is 2.55. The van der Waals surface area contributed by atoms with Crippen LogP contribution in [-0.2, 0) is 0 Å². The third-order valence-electron chi connectivity index (χ3n) is 3.35. The Balaban J connectivity index is 2.94. The molecule has 1 saturated heterocycles. The summed E-state index contributed by atoms with van der Waals surface area (Å²) >= 11 is 0. The molecule has 2 atom stereocenters. The number of hydrogen-bond donors (Lipinski definition) is 1. The van der Waals surface area contributed by atoms with Gasteiger partial charge in [0, 0.05) is 6.04 Å². The van der Waals surface area contributed by atoms with E-state index in [1.165, 1.54) is 0 Å². The smallest absolute Gasteiger partial charge is 0.330 e. The Morgan fingerprint density at radius 3 is 2.38 bits per heavy atom. The molecule has 0 unspecified atom stereocenters. The number of alkyl halides is 3. The standard InChI is InChI=1S/C11H21F3N2/c1-8(2)16-6-4-3-5-9(7-15)10(16)11(12,13)14/h8-10H,3-7,15H2,1-2H3/t9-,10+/m1/s1. The van der Waals surface area contributed by atoms with E-state index in [9.17, 15) is 13.2 Å². The average Bonchev–Trinajstić information content (AvgIpc) is 2.37. The molecule has 0 aromatic carbocycles. The maximum absolute atomic E-state index is 13.1. The van der Waals surface area contributed by atoms with Crippen molar-refractivity contribution < 1.29 is 13.2 Å². The van der Waals surface area contributed by atoms with E-state index < -0.39 is 18.1 Å². The molecule has 5 heteroatoms. The van der Waals surface area contributed by atoms with Crippen LogP contribution in [0.25, 0.3) is 0 Å². The molecule has 1 fully saturated rings. The van der Waals surface area contributed by atoms with Gasteiger partial charge in [0.05, 0.1) is 0 Å². The van der Waals surface area contributed by atoms with Crippen molar-refractivity contribution in [2.45, 2.75) is 51.4 Å². The van der Waals surface area contributed by atoms with Crippen LogP contribution in [0, 0.1) is 5.92 Å². The zero-order chi connectivity index (χ0) is 12.3. The molecule has 0 radical (unpaired) electrons. The fraction of sp³-hybridized carbons (Fsp3) is 1.00. The molecule has 0 spiro atoms. The summed E-state index contributed by atoms with van der Waals surface area (Å²) in [5.74, 6) is -0.454. The molecule has 96 valence electrons. The Hall–Kier alpha value is -0.290. The van der Waals surface area contributed by atoms with Gasteiger partial charge in [0.25, 0.3) is 0 Å². The van der Waals surface area contributed by atoms with Crippen molar-refractivity contribution in [3.63, 3.8) is 0 Å². The van der Waals surface area contributed by atoms with Gasteiger partial charge in [-0.25, -0.2) is 0 Å². The van der Waals surface area contributed by atoms with Crippen molar-refractivity contribution in [2.75, 3.05) is 13.1 Å². The van der Waals surface area contributed by atoms with Gasteiger partial charge in [-0.1, -0.05) is 6.42 Å². The minimum absolute atomic E-state index is 0.0845. The normalized spacial score (nSPS) is 29.4. The van der Waals surface area contributed by atoms with Crippen molar-refractivity contribution in [1.29, 1.82) is 0 Å². The van der Waals surface area contributed by atoms with Crippen LogP contribution >= 0.6 is 0 Å². The Morgan fingerprint density at radius 1 is 1.31 bits per heavy atom. The Bertz CT molecular complexity index is 216. The zero-order valence-corrected chi connectivity index (χ0v) is 9.93. The maximum atomic E-state index is 13.1. The summed E-state index contributed by atoms with van der Waals surface area (Å²) < 4.78 is 39.2. The molecule has 2 nitrogen and oxygen atoms in total. The van der Waals surface area contributed by atoms with Gasteiger partial charge >= 0.3 is 6.18 Å². The van der Waals surface area contributed by atoms with E-state index in [4.69, 9.17) is 5.73 Å². The Kier molecular flexibility index (Phi) is 4.62. The largest absolute Gasteiger partial charge is 0.404 e. The van der Waals surface area contributed by atoms with E-state index >= 15 is 0 Å². The topological polar surface area (TPSA) is 29.3 Å². The van der Waals surface area contributed by atoms with Crippen molar-refractivity contribution >= 4 is 0 Å². The molecular formula is C11H21F3N2. The number of rotatable bonds is 2. The van der Waals surface area contributed by atoms with Crippen LogP contribution in [0.3, 0.4) is 0 Å². The van der Waals surface area contributed by atoms with E-state index in [2.05, 4.69) is 0 Å². The molecule has 0 amide bonds. The minimum atomic E-state index is -4.17. The summed E-state index contributed by atoms with van der Waals surface area (Å²) in [5, 5.41) is 0. The molecule has 1 rings (SSSR count). The predicted molar refractivity (Wildman–Crippen MR) is 58.1 cm³/mol. The fourth-order valence-electron chi connectivity index (χ4n) is 2.55. The Labute approximate surface area is 95.0 Å². The lowest BCUT2D eigenvalue weighted by Crippen LogP contribution is -2.53. The van der Waals surface area contributed by atoms with Crippen LogP contribution in [0.4, 0.5) is 13.2 Å². The molecule has 1 aliphatic heterocycles. The van der Waals surface area contributed by atoms with Crippen molar-refractivity contribution in [2.24, 2.45) is 11.7 Å². The second-order valence-electron chi connectivity index (χ2n) is 4.81. The van der Waals surface area contributed by atoms with Crippen LogP contribution in [0.15, 0.2) is 0 Å². The lowest BCUT2D eigenvalue weighted by Gasteiger charge is -2.38. The highest BCUT2D eigenvalue weighted by Crippen LogP contribution is 2.35. The van der Waals surface area contributed by atoms with E-state index in [0.29, 0.717) is 13.0 Å². The highest BCUT2D eigenvalue weighted by atomic mass is 19.4. The average molecular weight is 238 g/mol. The van der Waals surface area contributed by atoms with Crippen LogP contribution in [0.5, 0.6) is 0 Å². The summed E-state index contributed by atoms with van der Waals surface area (Å²) in [4.78, 5) is 1.56. The van der Waals surface area contributed by atoms with Crippen LogP contribution in [0.2, 0.25) is 0 Å². The molecule has 0 aromatic heterocycles. The van der Waals surface area contributed by atoms with Crippen molar-refractivity contribution in [1.82, 2.24) is 4.90 Å². The number of hydrogen-bond acceptors (Lipinski definition) is 2. The summed E-state index contributed by atoms with van der Waals surface area (Å²) in [6, 6.07) is -1.45.